The standard InChI is InChI=1S/C3H9O11P3/c1-2-3(4)12-17(11,13-15(5,6)7)14-16(8,9)10/h2H2,1H3,(H2,5,6,7)(H2,8,9,10). The minimum atomic E-state index is -5.45. The molecule has 17 heavy (non-hydrogen) atoms. The van der Waals surface area contributed by atoms with Gasteiger partial charge in [0.2, 0.25) is 0 Å². The Morgan fingerprint density at radius 2 is 1.35 bits per heavy atom. The number of carbonyl (C=O) groups is 1. The van der Waals surface area contributed by atoms with E-state index in [9.17, 15) is 18.5 Å². The van der Waals surface area contributed by atoms with Crippen LogP contribution in [0, 0.1) is 0 Å². The molecule has 0 amide bonds. The van der Waals surface area contributed by atoms with E-state index in [4.69, 9.17) is 19.6 Å². The molecular formula is C3H9O11P3. The third kappa shape index (κ3) is 8.62. The summed E-state index contributed by atoms with van der Waals surface area (Å²) in [6.45, 7) is 1.22. The highest BCUT2D eigenvalue weighted by Crippen LogP contribution is 2.67. The molecule has 0 spiro atoms. The second-order valence-corrected chi connectivity index (χ2v) is 6.75. The lowest BCUT2D eigenvalue weighted by Gasteiger charge is -2.17. The van der Waals surface area contributed by atoms with E-state index in [2.05, 4.69) is 13.1 Å². The summed E-state index contributed by atoms with van der Waals surface area (Å²) in [5, 5.41) is 0. The van der Waals surface area contributed by atoms with Crippen LogP contribution in [0.15, 0.2) is 0 Å². The molecule has 0 aromatic rings. The Kier molecular flexibility index (Phi) is 5.68. The first-order chi connectivity index (χ1) is 7.37. The third-order valence-electron chi connectivity index (χ3n) is 0.915. The maximum Gasteiger partial charge on any atom is 0.550 e. The number of hydrogen-bond donors (Lipinski definition) is 4. The van der Waals surface area contributed by atoms with Gasteiger partial charge in [0.15, 0.2) is 0 Å². The van der Waals surface area contributed by atoms with Crippen LogP contribution in [0.1, 0.15) is 13.3 Å². The molecule has 11 nitrogen and oxygen atoms in total. The van der Waals surface area contributed by atoms with Crippen LogP contribution in [0.2, 0.25) is 0 Å². The van der Waals surface area contributed by atoms with Gasteiger partial charge < -0.3 is 24.1 Å². The predicted octanol–water partition coefficient (Wildman–Crippen LogP) is 0.266. The van der Waals surface area contributed by atoms with Gasteiger partial charge in [0.25, 0.3) is 0 Å². The Morgan fingerprint density at radius 3 is 1.59 bits per heavy atom. The second-order valence-electron chi connectivity index (χ2n) is 2.41. The average Bonchev–Trinajstić information content (AvgIpc) is 1.94. The van der Waals surface area contributed by atoms with E-state index in [1.54, 1.807) is 0 Å². The van der Waals surface area contributed by atoms with Crippen molar-refractivity contribution in [2.45, 2.75) is 13.3 Å². The maximum atomic E-state index is 11.3. The predicted molar refractivity (Wildman–Crippen MR) is 50.2 cm³/mol. The largest absolute Gasteiger partial charge is 0.550 e. The average molecular weight is 314 g/mol. The summed E-state index contributed by atoms with van der Waals surface area (Å²) in [4.78, 5) is 44.1. The van der Waals surface area contributed by atoms with Gasteiger partial charge in [-0.15, -0.1) is 0 Å². The molecule has 0 rings (SSSR count). The lowest BCUT2D eigenvalue weighted by atomic mass is 10.5. The van der Waals surface area contributed by atoms with E-state index >= 15 is 0 Å². The molecule has 14 heteroatoms. The van der Waals surface area contributed by atoms with Gasteiger partial charge >= 0.3 is 29.4 Å². The third-order valence-corrected chi connectivity index (χ3v) is 4.64. The summed E-state index contributed by atoms with van der Waals surface area (Å²) in [6, 6.07) is 0. The van der Waals surface area contributed by atoms with Gasteiger partial charge in [0, 0.05) is 6.42 Å². The fraction of sp³-hybridized carbons (Fsp3) is 0.667. The zero-order valence-electron chi connectivity index (χ0n) is 8.20. The second kappa shape index (κ2) is 5.71. The first kappa shape index (κ1) is 16.9. The molecule has 0 atom stereocenters. The van der Waals surface area contributed by atoms with E-state index in [0.717, 1.165) is 0 Å². The van der Waals surface area contributed by atoms with Crippen LogP contribution in [0.5, 0.6) is 0 Å². The van der Waals surface area contributed by atoms with Gasteiger partial charge in [-0.2, -0.15) is 8.62 Å². The van der Waals surface area contributed by atoms with Crippen LogP contribution in [0.25, 0.3) is 0 Å². The minimum absolute atomic E-state index is 0.390. The van der Waals surface area contributed by atoms with Crippen molar-refractivity contribution >= 4 is 29.4 Å². The van der Waals surface area contributed by atoms with Gasteiger partial charge in [0.1, 0.15) is 0 Å². The molecule has 0 heterocycles. The topological polar surface area (TPSA) is 177 Å². The Hall–Kier alpha value is -0.0800. The highest BCUT2D eigenvalue weighted by molar-refractivity contribution is 7.67. The first-order valence-electron chi connectivity index (χ1n) is 3.73. The molecule has 0 aliphatic heterocycles. The summed E-state index contributed by atoms with van der Waals surface area (Å²) >= 11 is 0. The molecule has 0 saturated heterocycles. The van der Waals surface area contributed by atoms with Gasteiger partial charge in [-0.3, -0.25) is 4.79 Å². The molecule has 4 N–H and O–H groups in total. The maximum absolute atomic E-state index is 11.3. The van der Waals surface area contributed by atoms with E-state index in [1.807, 2.05) is 0 Å². The highest BCUT2D eigenvalue weighted by atomic mass is 31.3. The quantitative estimate of drug-likeness (QED) is 0.494. The van der Waals surface area contributed by atoms with Gasteiger partial charge in [0.05, 0.1) is 0 Å². The van der Waals surface area contributed by atoms with Gasteiger partial charge in [-0.05, 0) is 0 Å². The van der Waals surface area contributed by atoms with Crippen molar-refractivity contribution < 1.29 is 51.2 Å². The Morgan fingerprint density at radius 1 is 1.00 bits per heavy atom. The van der Waals surface area contributed by atoms with Crippen molar-refractivity contribution in [2.24, 2.45) is 0 Å². The molecule has 0 aliphatic rings. The summed E-state index contributed by atoms with van der Waals surface area (Å²) in [6.07, 6.45) is -0.390. The van der Waals surface area contributed by atoms with Crippen molar-refractivity contribution in [3.8, 4) is 0 Å². The number of rotatable bonds is 6. The van der Waals surface area contributed by atoms with Gasteiger partial charge in [-0.1, -0.05) is 6.92 Å². The lowest BCUT2D eigenvalue weighted by molar-refractivity contribution is -0.135. The fourth-order valence-corrected chi connectivity index (χ4v) is 3.62. The minimum Gasteiger partial charge on any atom is -0.370 e. The SMILES string of the molecule is CCC(=O)OP(=O)(OP(=O)(O)O)OP(=O)(O)O. The first-order valence-corrected chi connectivity index (χ1v) is 8.25. The van der Waals surface area contributed by atoms with Crippen molar-refractivity contribution in [1.29, 1.82) is 0 Å². The van der Waals surface area contributed by atoms with Crippen molar-refractivity contribution in [1.82, 2.24) is 0 Å². The summed E-state index contributed by atoms with van der Waals surface area (Å²) < 4.78 is 42.8. The van der Waals surface area contributed by atoms with E-state index < -0.39 is 29.4 Å². The van der Waals surface area contributed by atoms with Gasteiger partial charge in [-0.25, -0.2) is 13.7 Å². The molecule has 0 aromatic carbocycles. The van der Waals surface area contributed by atoms with Crippen LogP contribution in [-0.4, -0.2) is 25.5 Å². The normalized spacial score (nSPS) is 13.5. The number of carbonyl (C=O) groups excluding carboxylic acids is 1. The zero-order valence-corrected chi connectivity index (χ0v) is 10.9. The summed E-state index contributed by atoms with van der Waals surface area (Å²) in [5.74, 6) is -1.30. The molecule has 0 radical (unpaired) electrons. The van der Waals surface area contributed by atoms with Crippen LogP contribution in [0.3, 0.4) is 0 Å². The molecule has 0 saturated carbocycles. The van der Waals surface area contributed by atoms with Crippen LogP contribution in [-0.2, 0) is 31.6 Å². The Labute approximate surface area is 94.8 Å². The van der Waals surface area contributed by atoms with Crippen molar-refractivity contribution in [3.05, 3.63) is 0 Å². The molecule has 0 aliphatic carbocycles. The van der Waals surface area contributed by atoms with E-state index in [0.29, 0.717) is 0 Å². The van der Waals surface area contributed by atoms with Crippen molar-refractivity contribution in [3.63, 3.8) is 0 Å². The molecule has 0 fully saturated rings. The van der Waals surface area contributed by atoms with Crippen LogP contribution in [0.4, 0.5) is 0 Å². The Balaban J connectivity index is 5.08. The van der Waals surface area contributed by atoms with Crippen LogP contribution >= 0.6 is 23.5 Å². The molecule has 102 valence electrons. The summed E-state index contributed by atoms with van der Waals surface area (Å²) in [5.41, 5.74) is 0. The number of phosphoric acid groups is 3. The summed E-state index contributed by atoms with van der Waals surface area (Å²) in [7, 11) is -16.3. The smallest absolute Gasteiger partial charge is 0.370 e. The van der Waals surface area contributed by atoms with E-state index in [1.165, 1.54) is 6.92 Å². The Bertz CT molecular complexity index is 386. The highest BCUT2D eigenvalue weighted by Gasteiger charge is 2.44. The molecule has 0 unspecified atom stereocenters. The van der Waals surface area contributed by atoms with E-state index in [-0.39, 0.29) is 6.42 Å². The molecule has 0 bridgehead atoms. The monoisotopic (exact) mass is 314 g/mol. The fourth-order valence-electron chi connectivity index (χ4n) is 0.498. The molecular weight excluding hydrogens is 305 g/mol. The van der Waals surface area contributed by atoms with Crippen LogP contribution < -0.4 is 0 Å². The molecule has 0 aromatic heterocycles. The number of hydrogen-bond acceptors (Lipinski definition) is 7. The zero-order chi connectivity index (χ0) is 13.9. The van der Waals surface area contributed by atoms with Crippen molar-refractivity contribution in [2.75, 3.05) is 0 Å². The lowest BCUT2D eigenvalue weighted by Crippen LogP contribution is -2.04.